The predicted octanol–water partition coefficient (Wildman–Crippen LogP) is 2.58. The molecule has 0 bridgehead atoms. The molecule has 0 aromatic carbocycles. The molecule has 2 atom stereocenters. The van der Waals surface area contributed by atoms with Crippen LogP contribution in [-0.2, 0) is 0 Å². The van der Waals surface area contributed by atoms with E-state index in [1.807, 2.05) is 0 Å². The van der Waals surface area contributed by atoms with Crippen molar-refractivity contribution in [1.29, 1.82) is 0 Å². The van der Waals surface area contributed by atoms with Gasteiger partial charge in [-0.15, -0.1) is 0 Å². The first kappa shape index (κ1) is 9.05. The Morgan fingerprint density at radius 3 is 2.09 bits per heavy atom. The molecule has 0 heterocycles. The average molecular weight is 156 g/mol. The number of hydrogen-bond acceptors (Lipinski definition) is 1. The minimum Gasteiger partial charge on any atom is -0.389 e. The molecule has 0 aromatic heterocycles. The summed E-state index contributed by atoms with van der Waals surface area (Å²) < 4.78 is 0. The summed E-state index contributed by atoms with van der Waals surface area (Å²) in [6.45, 7) is 8.62. The van der Waals surface area contributed by atoms with Crippen LogP contribution in [-0.4, -0.2) is 10.7 Å². The minimum absolute atomic E-state index is 0.0533. The highest BCUT2D eigenvalue weighted by Gasteiger charge is 2.44. The molecule has 1 aliphatic carbocycles. The lowest BCUT2D eigenvalue weighted by molar-refractivity contribution is -0.0539. The molecule has 0 amide bonds. The van der Waals surface area contributed by atoms with Gasteiger partial charge in [0.1, 0.15) is 0 Å². The summed E-state index contributed by atoms with van der Waals surface area (Å²) in [6.07, 6.45) is 3.15. The van der Waals surface area contributed by atoms with Gasteiger partial charge in [-0.25, -0.2) is 0 Å². The molecule has 1 rings (SSSR count). The third-order valence-corrected chi connectivity index (χ3v) is 3.13. The third kappa shape index (κ3) is 1.58. The topological polar surface area (TPSA) is 20.2 Å². The molecule has 1 aliphatic rings. The Labute approximate surface area is 69.8 Å². The van der Waals surface area contributed by atoms with E-state index >= 15 is 0 Å². The van der Waals surface area contributed by atoms with E-state index in [0.29, 0.717) is 5.92 Å². The van der Waals surface area contributed by atoms with Gasteiger partial charge in [0.25, 0.3) is 0 Å². The van der Waals surface area contributed by atoms with E-state index in [9.17, 15) is 5.11 Å². The molecule has 1 fully saturated rings. The molecule has 66 valence electrons. The van der Waals surface area contributed by atoms with Gasteiger partial charge in [-0.3, -0.25) is 0 Å². The number of aliphatic hydroxyl groups is 1. The van der Waals surface area contributed by atoms with Crippen LogP contribution in [0.1, 0.15) is 47.0 Å². The Kier molecular flexibility index (Phi) is 2.04. The van der Waals surface area contributed by atoms with E-state index in [2.05, 4.69) is 27.7 Å². The van der Waals surface area contributed by atoms with E-state index in [1.54, 1.807) is 0 Å². The summed E-state index contributed by atoms with van der Waals surface area (Å²) in [7, 11) is 0. The van der Waals surface area contributed by atoms with Crippen molar-refractivity contribution in [3.05, 3.63) is 0 Å². The summed E-state index contributed by atoms with van der Waals surface area (Å²) >= 11 is 0. The highest BCUT2D eigenvalue weighted by Crippen LogP contribution is 2.45. The van der Waals surface area contributed by atoms with Crippen LogP contribution >= 0.6 is 0 Å². The van der Waals surface area contributed by atoms with Crippen molar-refractivity contribution in [2.45, 2.75) is 52.6 Å². The predicted molar refractivity (Wildman–Crippen MR) is 47.4 cm³/mol. The van der Waals surface area contributed by atoms with Crippen LogP contribution in [0.15, 0.2) is 0 Å². The van der Waals surface area contributed by atoms with Crippen molar-refractivity contribution in [2.24, 2.45) is 11.3 Å². The molecule has 11 heavy (non-hydrogen) atoms. The Hall–Kier alpha value is -0.0400. The SMILES string of the molecule is CC1CCC(O)(C(C)(C)C)C1. The average Bonchev–Trinajstić information content (AvgIpc) is 2.10. The number of rotatable bonds is 0. The molecule has 2 unspecified atom stereocenters. The first-order valence-electron chi connectivity index (χ1n) is 4.57. The second kappa shape index (κ2) is 2.48. The zero-order valence-electron chi connectivity index (χ0n) is 8.15. The van der Waals surface area contributed by atoms with Gasteiger partial charge in [0.2, 0.25) is 0 Å². The Morgan fingerprint density at radius 2 is 1.91 bits per heavy atom. The molecule has 0 saturated heterocycles. The van der Waals surface area contributed by atoms with Crippen molar-refractivity contribution in [3.63, 3.8) is 0 Å². The van der Waals surface area contributed by atoms with Crippen molar-refractivity contribution >= 4 is 0 Å². The lowest BCUT2D eigenvalue weighted by atomic mass is 9.75. The van der Waals surface area contributed by atoms with Crippen molar-refractivity contribution in [1.82, 2.24) is 0 Å². The van der Waals surface area contributed by atoms with Crippen molar-refractivity contribution in [2.75, 3.05) is 0 Å². The fourth-order valence-electron chi connectivity index (χ4n) is 1.95. The lowest BCUT2D eigenvalue weighted by Gasteiger charge is -2.37. The standard InChI is InChI=1S/C10H20O/c1-8-5-6-10(11,7-8)9(2,3)4/h8,11H,5-7H2,1-4H3. The first-order chi connectivity index (χ1) is 4.85. The molecule has 1 saturated carbocycles. The van der Waals surface area contributed by atoms with E-state index in [4.69, 9.17) is 0 Å². The maximum Gasteiger partial charge on any atom is 0.0698 e. The molecule has 1 heteroatoms. The van der Waals surface area contributed by atoms with E-state index in [0.717, 1.165) is 12.8 Å². The third-order valence-electron chi connectivity index (χ3n) is 3.13. The summed E-state index contributed by atoms with van der Waals surface area (Å²) in [5.41, 5.74) is -0.343. The van der Waals surface area contributed by atoms with Gasteiger partial charge >= 0.3 is 0 Å². The molecule has 0 spiro atoms. The molecule has 0 radical (unpaired) electrons. The zero-order chi connectivity index (χ0) is 8.70. The Balaban J connectivity index is 2.69. The highest BCUT2D eigenvalue weighted by atomic mass is 16.3. The van der Waals surface area contributed by atoms with E-state index < -0.39 is 5.60 Å². The van der Waals surface area contributed by atoms with Crippen LogP contribution in [0.4, 0.5) is 0 Å². The Morgan fingerprint density at radius 1 is 1.36 bits per heavy atom. The summed E-state index contributed by atoms with van der Waals surface area (Å²) in [5.74, 6) is 0.708. The van der Waals surface area contributed by atoms with Crippen LogP contribution in [0.3, 0.4) is 0 Å². The maximum atomic E-state index is 10.2. The summed E-state index contributed by atoms with van der Waals surface area (Å²) in [6, 6.07) is 0. The van der Waals surface area contributed by atoms with Crippen molar-refractivity contribution in [3.8, 4) is 0 Å². The van der Waals surface area contributed by atoms with Gasteiger partial charge in [-0.1, -0.05) is 27.7 Å². The van der Waals surface area contributed by atoms with E-state index in [-0.39, 0.29) is 5.41 Å². The van der Waals surface area contributed by atoms with Gasteiger partial charge in [0.15, 0.2) is 0 Å². The van der Waals surface area contributed by atoms with Crippen LogP contribution in [0.5, 0.6) is 0 Å². The molecule has 0 aromatic rings. The van der Waals surface area contributed by atoms with Crippen LogP contribution in [0.25, 0.3) is 0 Å². The molecule has 0 aliphatic heterocycles. The van der Waals surface area contributed by atoms with Crippen LogP contribution in [0.2, 0.25) is 0 Å². The lowest BCUT2D eigenvalue weighted by Crippen LogP contribution is -2.40. The molecule has 1 nitrogen and oxygen atoms in total. The van der Waals surface area contributed by atoms with Gasteiger partial charge in [-0.2, -0.15) is 0 Å². The van der Waals surface area contributed by atoms with E-state index in [1.165, 1.54) is 6.42 Å². The normalized spacial score (nSPS) is 39.5. The Bertz CT molecular complexity index is 145. The number of hydrogen-bond donors (Lipinski definition) is 1. The maximum absolute atomic E-state index is 10.2. The van der Waals surface area contributed by atoms with Crippen molar-refractivity contribution < 1.29 is 5.11 Å². The molecular formula is C10H20O. The highest BCUT2D eigenvalue weighted by molar-refractivity contribution is 4.96. The van der Waals surface area contributed by atoms with Gasteiger partial charge in [0, 0.05) is 0 Å². The second-order valence-electron chi connectivity index (χ2n) is 5.13. The fraction of sp³-hybridized carbons (Fsp3) is 1.00. The first-order valence-corrected chi connectivity index (χ1v) is 4.57. The monoisotopic (exact) mass is 156 g/mol. The van der Waals surface area contributed by atoms with Gasteiger partial charge < -0.3 is 5.11 Å². The summed E-state index contributed by atoms with van der Waals surface area (Å²) in [4.78, 5) is 0. The van der Waals surface area contributed by atoms with Gasteiger partial charge in [-0.05, 0) is 30.6 Å². The second-order valence-corrected chi connectivity index (χ2v) is 5.13. The van der Waals surface area contributed by atoms with Gasteiger partial charge in [0.05, 0.1) is 5.60 Å². The summed E-state index contributed by atoms with van der Waals surface area (Å²) in [5, 5.41) is 10.2. The quantitative estimate of drug-likeness (QED) is 0.571. The molecular weight excluding hydrogens is 136 g/mol. The largest absolute Gasteiger partial charge is 0.389 e. The fourth-order valence-corrected chi connectivity index (χ4v) is 1.95. The smallest absolute Gasteiger partial charge is 0.0698 e. The van der Waals surface area contributed by atoms with Crippen LogP contribution in [0, 0.1) is 11.3 Å². The minimum atomic E-state index is -0.396. The van der Waals surface area contributed by atoms with Crippen LogP contribution < -0.4 is 0 Å². The zero-order valence-corrected chi connectivity index (χ0v) is 8.15. The molecule has 1 N–H and O–H groups in total.